The number of hydrogen-bond donors (Lipinski definition) is 2. The topological polar surface area (TPSA) is 104 Å². The minimum atomic E-state index is -0.772. The van der Waals surface area contributed by atoms with E-state index in [4.69, 9.17) is 11.3 Å². The maximum atomic E-state index is 9.77. The zero-order valence-corrected chi connectivity index (χ0v) is 15.3. The first-order valence-corrected chi connectivity index (χ1v) is 9.49. The Hall–Kier alpha value is -1.23. The summed E-state index contributed by atoms with van der Waals surface area (Å²) in [6, 6.07) is -0.580. The van der Waals surface area contributed by atoms with Crippen LogP contribution in [-0.2, 0) is 4.84 Å². The second kappa shape index (κ2) is 18.1. The van der Waals surface area contributed by atoms with Crippen molar-refractivity contribution in [1.29, 1.82) is 0 Å². The molecule has 0 aromatic carbocycles. The summed E-state index contributed by atoms with van der Waals surface area (Å²) in [5, 5.41) is 12.7. The third-order valence-corrected chi connectivity index (χ3v) is 4.11. The van der Waals surface area contributed by atoms with E-state index in [1.165, 1.54) is 64.2 Å². The lowest BCUT2D eigenvalue weighted by molar-refractivity contribution is 0.0820. The van der Waals surface area contributed by atoms with Gasteiger partial charge in [-0.05, 0) is 18.4 Å². The van der Waals surface area contributed by atoms with Crippen LogP contribution in [0.25, 0.3) is 10.4 Å². The second-order valence-electron chi connectivity index (χ2n) is 6.37. The molecule has 0 aliphatic rings. The van der Waals surface area contributed by atoms with E-state index in [-0.39, 0.29) is 6.61 Å². The maximum absolute atomic E-state index is 9.77. The standard InChI is InChI=1S/C18H36N4O2/c1-2-3-4-5-6-7-8-9-10-11-12-13-14-15-18(23)17(19)16-24-22-21-20/h14-15,17-18,23H,2-13,16,19H2,1H3. The lowest BCUT2D eigenvalue weighted by atomic mass is 10.0. The number of hydrogen-bond acceptors (Lipinski definition) is 4. The van der Waals surface area contributed by atoms with E-state index in [0.29, 0.717) is 0 Å². The fourth-order valence-corrected chi connectivity index (χ4v) is 2.55. The van der Waals surface area contributed by atoms with Gasteiger partial charge in [0.1, 0.15) is 11.9 Å². The van der Waals surface area contributed by atoms with E-state index in [0.717, 1.165) is 12.8 Å². The van der Waals surface area contributed by atoms with Crippen molar-refractivity contribution < 1.29 is 9.94 Å². The first-order chi connectivity index (χ1) is 11.7. The molecule has 0 fully saturated rings. The van der Waals surface area contributed by atoms with Crippen molar-refractivity contribution >= 4 is 0 Å². The van der Waals surface area contributed by atoms with Crippen molar-refractivity contribution in [2.24, 2.45) is 11.0 Å². The largest absolute Gasteiger partial charge is 0.432 e. The Kier molecular flexibility index (Phi) is 17.2. The van der Waals surface area contributed by atoms with Crippen LogP contribution < -0.4 is 5.73 Å². The SMILES string of the molecule is CCCCCCCCCCCCCC=CC(O)C(N)CON=[N+]=[N-]. The molecule has 0 bridgehead atoms. The molecule has 0 rings (SSSR count). The van der Waals surface area contributed by atoms with E-state index in [1.807, 2.05) is 6.08 Å². The van der Waals surface area contributed by atoms with Crippen molar-refractivity contribution in [1.82, 2.24) is 0 Å². The molecule has 0 aromatic rings. The molecule has 140 valence electrons. The normalized spacial score (nSPS) is 13.6. The fraction of sp³-hybridized carbons (Fsp3) is 0.889. The van der Waals surface area contributed by atoms with Crippen molar-refractivity contribution in [3.63, 3.8) is 0 Å². The highest BCUT2D eigenvalue weighted by molar-refractivity contribution is 4.93. The molecule has 0 radical (unpaired) electrons. The van der Waals surface area contributed by atoms with Gasteiger partial charge in [-0.2, -0.15) is 0 Å². The highest BCUT2D eigenvalue weighted by Crippen LogP contribution is 2.12. The Balaban J connectivity index is 3.37. The van der Waals surface area contributed by atoms with Gasteiger partial charge in [0.25, 0.3) is 0 Å². The molecule has 24 heavy (non-hydrogen) atoms. The van der Waals surface area contributed by atoms with Crippen LogP contribution in [0, 0.1) is 0 Å². The van der Waals surface area contributed by atoms with Crippen LogP contribution in [0.5, 0.6) is 0 Å². The maximum Gasteiger partial charge on any atom is 0.115 e. The van der Waals surface area contributed by atoms with E-state index in [1.54, 1.807) is 6.08 Å². The van der Waals surface area contributed by atoms with Crippen molar-refractivity contribution in [2.75, 3.05) is 6.61 Å². The summed E-state index contributed by atoms with van der Waals surface area (Å²) < 4.78 is 0. The van der Waals surface area contributed by atoms with Crippen LogP contribution >= 0.6 is 0 Å². The second-order valence-corrected chi connectivity index (χ2v) is 6.37. The molecule has 0 spiro atoms. The number of allylic oxidation sites excluding steroid dienone is 1. The Morgan fingerprint density at radius 2 is 1.58 bits per heavy atom. The average molecular weight is 341 g/mol. The molecule has 0 aromatic heterocycles. The highest BCUT2D eigenvalue weighted by atomic mass is 16.6. The summed E-state index contributed by atoms with van der Waals surface area (Å²) in [7, 11) is 0. The summed E-state index contributed by atoms with van der Waals surface area (Å²) in [6.07, 6.45) is 18.5. The van der Waals surface area contributed by atoms with Gasteiger partial charge in [-0.25, -0.2) is 0 Å². The minimum Gasteiger partial charge on any atom is -0.432 e. The quantitative estimate of drug-likeness (QED) is 0.0952. The first kappa shape index (κ1) is 22.8. The van der Waals surface area contributed by atoms with E-state index in [2.05, 4.69) is 22.0 Å². The van der Waals surface area contributed by atoms with Crippen molar-refractivity contribution in [2.45, 2.75) is 96.1 Å². The molecule has 2 unspecified atom stereocenters. The van der Waals surface area contributed by atoms with Gasteiger partial charge in [-0.15, -0.1) is 0 Å². The number of aliphatic hydroxyl groups excluding tert-OH is 1. The molecule has 3 N–H and O–H groups in total. The molecular weight excluding hydrogens is 304 g/mol. The first-order valence-electron chi connectivity index (χ1n) is 9.49. The van der Waals surface area contributed by atoms with E-state index < -0.39 is 12.1 Å². The van der Waals surface area contributed by atoms with Gasteiger partial charge in [-0.1, -0.05) is 83.3 Å². The summed E-state index contributed by atoms with van der Waals surface area (Å²) >= 11 is 0. The molecule has 0 saturated heterocycles. The lowest BCUT2D eigenvalue weighted by Crippen LogP contribution is -2.37. The van der Waals surface area contributed by atoms with Crippen molar-refractivity contribution in [3.05, 3.63) is 22.6 Å². The van der Waals surface area contributed by atoms with Crippen molar-refractivity contribution in [3.8, 4) is 0 Å². The van der Waals surface area contributed by atoms with Gasteiger partial charge < -0.3 is 15.7 Å². The molecule has 6 nitrogen and oxygen atoms in total. The highest BCUT2D eigenvalue weighted by Gasteiger charge is 2.11. The van der Waals surface area contributed by atoms with Crippen LogP contribution in [0.1, 0.15) is 84.0 Å². The summed E-state index contributed by atoms with van der Waals surface area (Å²) in [4.78, 5) is 7.03. The molecular formula is C18H36N4O2. The van der Waals surface area contributed by atoms with Gasteiger partial charge in [-0.3, -0.25) is 0 Å². The Bertz CT molecular complexity index is 344. The Morgan fingerprint density at radius 1 is 1.04 bits per heavy atom. The predicted octanol–water partition coefficient (Wildman–Crippen LogP) is 5.17. The van der Waals surface area contributed by atoms with Gasteiger partial charge in [0.05, 0.1) is 12.1 Å². The number of aliphatic hydroxyl groups is 1. The number of unbranched alkanes of at least 4 members (excludes halogenated alkanes) is 11. The zero-order valence-electron chi connectivity index (χ0n) is 15.3. The predicted molar refractivity (Wildman–Crippen MR) is 99.3 cm³/mol. The fourth-order valence-electron chi connectivity index (χ4n) is 2.55. The van der Waals surface area contributed by atoms with Gasteiger partial charge >= 0.3 is 0 Å². The number of nitrogens with two attached hydrogens (primary N) is 1. The van der Waals surface area contributed by atoms with E-state index in [9.17, 15) is 5.11 Å². The smallest absolute Gasteiger partial charge is 0.115 e. The van der Waals surface area contributed by atoms with Gasteiger partial charge in [0, 0.05) is 4.91 Å². The molecule has 0 heterocycles. The average Bonchev–Trinajstić information content (AvgIpc) is 2.58. The molecule has 0 aliphatic carbocycles. The lowest BCUT2D eigenvalue weighted by Gasteiger charge is -2.13. The summed E-state index contributed by atoms with van der Waals surface area (Å²) in [5.74, 6) is 0. The monoisotopic (exact) mass is 340 g/mol. The molecule has 6 heteroatoms. The third-order valence-electron chi connectivity index (χ3n) is 4.11. The third kappa shape index (κ3) is 15.7. The van der Waals surface area contributed by atoms with Crippen LogP contribution in [0.2, 0.25) is 0 Å². The Morgan fingerprint density at radius 3 is 2.12 bits per heavy atom. The van der Waals surface area contributed by atoms with Crippen LogP contribution in [0.4, 0.5) is 0 Å². The minimum absolute atomic E-state index is 0.00795. The van der Waals surface area contributed by atoms with Gasteiger partial charge in [0.2, 0.25) is 0 Å². The number of nitrogens with zero attached hydrogens (tertiary/aromatic N) is 3. The van der Waals surface area contributed by atoms with E-state index >= 15 is 0 Å². The number of azide groups is 1. The van der Waals surface area contributed by atoms with Crippen LogP contribution in [0.15, 0.2) is 17.4 Å². The van der Waals surface area contributed by atoms with Crippen LogP contribution in [-0.4, -0.2) is 23.9 Å². The molecule has 2 atom stereocenters. The Labute approximate surface area is 147 Å². The molecule has 0 amide bonds. The number of rotatable bonds is 17. The molecule has 0 saturated carbocycles. The van der Waals surface area contributed by atoms with Crippen LogP contribution in [0.3, 0.4) is 0 Å². The van der Waals surface area contributed by atoms with Gasteiger partial charge in [0.15, 0.2) is 0 Å². The molecule has 0 aliphatic heterocycles. The zero-order chi connectivity index (χ0) is 17.9. The summed E-state index contributed by atoms with van der Waals surface area (Å²) in [5.41, 5.74) is 13.8. The summed E-state index contributed by atoms with van der Waals surface area (Å²) in [6.45, 7) is 2.26.